The second kappa shape index (κ2) is 15.6. The zero-order valence-corrected chi connectivity index (χ0v) is 31.2. The van der Waals surface area contributed by atoms with Crippen LogP contribution in [0.15, 0.2) is 126 Å². The number of hydrogen-bond acceptors (Lipinski definition) is 9. The number of rotatable bonds is 11. The molecule has 0 aliphatic rings. The minimum absolute atomic E-state index is 0.00938. The fourth-order valence-electron chi connectivity index (χ4n) is 5.49. The van der Waals surface area contributed by atoms with Gasteiger partial charge in [0.15, 0.2) is 21.3 Å². The zero-order chi connectivity index (χ0) is 37.6. The molecule has 274 valence electrons. The molecular formula is C38H40N8O5S2. The Hall–Kier alpha value is -5.48. The monoisotopic (exact) mass is 752 g/mol. The van der Waals surface area contributed by atoms with Gasteiger partial charge >= 0.3 is 0 Å². The summed E-state index contributed by atoms with van der Waals surface area (Å²) in [5.41, 5.74) is 5.11. The van der Waals surface area contributed by atoms with Crippen molar-refractivity contribution in [3.05, 3.63) is 127 Å². The number of aromatic nitrogens is 6. The molecule has 0 fully saturated rings. The lowest BCUT2D eigenvalue weighted by atomic mass is 9.87. The molecule has 0 saturated carbocycles. The van der Waals surface area contributed by atoms with E-state index in [1.807, 2.05) is 85.8 Å². The fraction of sp³-hybridized carbons (Fsp3) is 0.211. The normalized spacial score (nSPS) is 12.7. The van der Waals surface area contributed by atoms with E-state index < -0.39 is 26.1 Å². The van der Waals surface area contributed by atoms with E-state index in [0.29, 0.717) is 27.8 Å². The van der Waals surface area contributed by atoms with Crippen molar-refractivity contribution in [2.75, 3.05) is 13.2 Å². The number of sulfonamides is 2. The minimum atomic E-state index is -3.76. The highest BCUT2D eigenvalue weighted by Gasteiger charge is 2.24. The second-order valence-corrected chi connectivity index (χ2v) is 16.6. The van der Waals surface area contributed by atoms with Crippen molar-refractivity contribution in [1.29, 1.82) is 0 Å². The first-order valence-corrected chi connectivity index (χ1v) is 19.8. The number of aromatic amines is 2. The number of benzene rings is 3. The summed E-state index contributed by atoms with van der Waals surface area (Å²) in [7, 11) is -7.47. The van der Waals surface area contributed by atoms with Crippen LogP contribution in [0.4, 0.5) is 0 Å². The third-order valence-corrected chi connectivity index (χ3v) is 11.3. The van der Waals surface area contributed by atoms with Crippen LogP contribution in [0.2, 0.25) is 0 Å². The van der Waals surface area contributed by atoms with Gasteiger partial charge in [-0.15, -0.1) is 0 Å². The van der Waals surface area contributed by atoms with Gasteiger partial charge < -0.3 is 4.74 Å². The van der Waals surface area contributed by atoms with E-state index in [-0.39, 0.29) is 28.6 Å². The van der Waals surface area contributed by atoms with E-state index in [9.17, 15) is 16.8 Å². The summed E-state index contributed by atoms with van der Waals surface area (Å²) in [5, 5.41) is 13.9. The Morgan fingerprint density at radius 1 is 0.679 bits per heavy atom. The first-order valence-electron chi connectivity index (χ1n) is 16.8. The van der Waals surface area contributed by atoms with Crippen molar-refractivity contribution in [1.82, 2.24) is 39.8 Å². The number of pyridine rings is 2. The largest absolute Gasteiger partial charge is 0.492 e. The Balaban J connectivity index is 0.000000182. The van der Waals surface area contributed by atoms with Gasteiger partial charge in [0, 0.05) is 25.0 Å². The fourth-order valence-corrected chi connectivity index (χ4v) is 7.93. The van der Waals surface area contributed by atoms with E-state index in [1.165, 1.54) is 5.56 Å². The van der Waals surface area contributed by atoms with Gasteiger partial charge in [-0.1, -0.05) is 87.5 Å². The SMILES string of the molecule is CC(C)(C)c1ccc(OCCNS(=O)(=O)c2[nH]nc3ncccc23)cc1.CC(NS(=O)(=O)c1[nH]nc2ncccc12)c1ccc(-c2ccccc2)cc1. The van der Waals surface area contributed by atoms with E-state index in [1.54, 1.807) is 36.7 Å². The molecule has 1 unspecified atom stereocenters. The Labute approximate surface area is 308 Å². The van der Waals surface area contributed by atoms with Crippen molar-refractivity contribution in [3.8, 4) is 16.9 Å². The molecule has 53 heavy (non-hydrogen) atoms. The number of nitrogens with zero attached hydrogens (tertiary/aromatic N) is 4. The number of hydrogen-bond donors (Lipinski definition) is 4. The van der Waals surface area contributed by atoms with E-state index in [4.69, 9.17) is 4.74 Å². The van der Waals surface area contributed by atoms with Crippen molar-refractivity contribution < 1.29 is 21.6 Å². The molecule has 0 spiro atoms. The van der Waals surface area contributed by atoms with E-state index in [0.717, 1.165) is 16.7 Å². The Morgan fingerprint density at radius 3 is 1.79 bits per heavy atom. The maximum absolute atomic E-state index is 12.8. The van der Waals surface area contributed by atoms with Gasteiger partial charge in [0.2, 0.25) is 0 Å². The highest BCUT2D eigenvalue weighted by atomic mass is 32.2. The molecule has 4 N–H and O–H groups in total. The molecule has 7 rings (SSSR count). The lowest BCUT2D eigenvalue weighted by Crippen LogP contribution is -2.28. The summed E-state index contributed by atoms with van der Waals surface area (Å²) >= 11 is 0. The molecule has 4 heterocycles. The molecule has 15 heteroatoms. The summed E-state index contributed by atoms with van der Waals surface area (Å²) < 4.78 is 61.2. The molecule has 7 aromatic rings. The van der Waals surface area contributed by atoms with Gasteiger partial charge in [-0.2, -0.15) is 10.2 Å². The van der Waals surface area contributed by atoms with Gasteiger partial charge in [-0.25, -0.2) is 36.2 Å². The van der Waals surface area contributed by atoms with Gasteiger partial charge in [0.05, 0.1) is 10.8 Å². The van der Waals surface area contributed by atoms with Crippen LogP contribution in [-0.2, 0) is 25.5 Å². The van der Waals surface area contributed by atoms with Gasteiger partial charge in [0.1, 0.15) is 12.4 Å². The topological polar surface area (TPSA) is 185 Å². The van der Waals surface area contributed by atoms with Crippen LogP contribution < -0.4 is 14.2 Å². The molecule has 13 nitrogen and oxygen atoms in total. The van der Waals surface area contributed by atoms with Crippen LogP contribution in [0.3, 0.4) is 0 Å². The molecule has 0 aliphatic carbocycles. The van der Waals surface area contributed by atoms with Gasteiger partial charge in [-0.05, 0) is 71.0 Å². The third kappa shape index (κ3) is 8.95. The molecule has 0 aliphatic heterocycles. The van der Waals surface area contributed by atoms with Crippen LogP contribution in [0.1, 0.15) is 44.9 Å². The van der Waals surface area contributed by atoms with E-state index >= 15 is 0 Å². The van der Waals surface area contributed by atoms with Crippen LogP contribution in [-0.4, -0.2) is 60.3 Å². The summed E-state index contributed by atoms with van der Waals surface area (Å²) in [4.78, 5) is 8.07. The first-order chi connectivity index (χ1) is 25.3. The molecule has 0 amide bonds. The van der Waals surface area contributed by atoms with Crippen LogP contribution in [0, 0.1) is 0 Å². The number of ether oxygens (including phenoxy) is 1. The summed E-state index contributed by atoms with van der Waals surface area (Å²) in [6, 6.07) is 32.0. The van der Waals surface area contributed by atoms with Crippen molar-refractivity contribution >= 4 is 42.1 Å². The van der Waals surface area contributed by atoms with Gasteiger partial charge in [0.25, 0.3) is 20.0 Å². The molecular weight excluding hydrogens is 713 g/mol. The maximum Gasteiger partial charge on any atom is 0.258 e. The van der Waals surface area contributed by atoms with E-state index in [2.05, 4.69) is 60.6 Å². The summed E-state index contributed by atoms with van der Waals surface area (Å²) in [6.07, 6.45) is 3.13. The Morgan fingerprint density at radius 2 is 1.23 bits per heavy atom. The second-order valence-electron chi connectivity index (χ2n) is 13.2. The molecule has 4 aromatic heterocycles. The lowest BCUT2D eigenvalue weighted by Gasteiger charge is -2.19. The lowest BCUT2D eigenvalue weighted by molar-refractivity contribution is 0.322. The molecule has 1 atom stereocenters. The standard InChI is InChI=1S/C20H18N4O2S.C18H22N4O3S/c1-14(15-9-11-17(12-10-15)16-6-3-2-4-7-16)24-27(25,26)20-18-8-5-13-21-19(18)22-23-20;1-18(2,3)13-6-8-14(9-7-13)25-12-11-20-26(23,24)17-15-5-4-10-19-16(15)21-22-17/h2-14,24H,1H3,(H,21,22,23);4-10,20H,11-12H2,1-3H3,(H,19,21,22). The Bertz CT molecular complexity index is 2510. The van der Waals surface area contributed by atoms with Crippen molar-refractivity contribution in [2.24, 2.45) is 0 Å². The third-order valence-electron chi connectivity index (χ3n) is 8.36. The highest BCUT2D eigenvalue weighted by Crippen LogP contribution is 2.26. The predicted molar refractivity (Wildman–Crippen MR) is 204 cm³/mol. The smallest absolute Gasteiger partial charge is 0.258 e. The van der Waals surface area contributed by atoms with Crippen LogP contribution in [0.25, 0.3) is 33.2 Å². The molecule has 0 bridgehead atoms. The Kier molecular flexibility index (Phi) is 11.0. The number of H-pyrrole nitrogens is 2. The molecule has 0 radical (unpaired) electrons. The van der Waals surface area contributed by atoms with Crippen molar-refractivity contribution in [2.45, 2.75) is 49.2 Å². The average molecular weight is 753 g/mol. The minimum Gasteiger partial charge on any atom is -0.492 e. The van der Waals surface area contributed by atoms with Crippen LogP contribution in [0.5, 0.6) is 5.75 Å². The summed E-state index contributed by atoms with van der Waals surface area (Å²) in [5.74, 6) is 0.702. The number of fused-ring (bicyclic) bond motifs is 2. The highest BCUT2D eigenvalue weighted by molar-refractivity contribution is 7.90. The van der Waals surface area contributed by atoms with Crippen molar-refractivity contribution in [3.63, 3.8) is 0 Å². The number of nitrogens with one attached hydrogen (secondary N) is 4. The summed E-state index contributed by atoms with van der Waals surface area (Å²) in [6.45, 7) is 8.61. The first kappa shape index (κ1) is 37.3. The average Bonchev–Trinajstić information content (AvgIpc) is 3.80. The zero-order valence-electron chi connectivity index (χ0n) is 29.6. The molecule has 3 aromatic carbocycles. The predicted octanol–water partition coefficient (Wildman–Crippen LogP) is 6.28. The maximum atomic E-state index is 12.8. The van der Waals surface area contributed by atoms with Crippen LogP contribution >= 0.6 is 0 Å². The molecule has 0 saturated heterocycles. The quantitative estimate of drug-likeness (QED) is 0.111. The van der Waals surface area contributed by atoms with Gasteiger partial charge in [-0.3, -0.25) is 10.2 Å².